The molecule has 1 aliphatic heterocycles. The van der Waals surface area contributed by atoms with E-state index in [0.29, 0.717) is 31.7 Å². The topological polar surface area (TPSA) is 88.6 Å². The Hall–Kier alpha value is -3.04. The van der Waals surface area contributed by atoms with Crippen LogP contribution < -0.4 is 9.46 Å². The number of sulfonamides is 1. The van der Waals surface area contributed by atoms with Gasteiger partial charge in [-0.25, -0.2) is 17.5 Å². The fourth-order valence-electron chi connectivity index (χ4n) is 3.56. The summed E-state index contributed by atoms with van der Waals surface area (Å²) in [4.78, 5) is 18.2. The fourth-order valence-corrected chi connectivity index (χ4v) is 4.57. The van der Waals surface area contributed by atoms with Gasteiger partial charge in [0.2, 0.25) is 15.9 Å². The molecule has 9 heteroatoms. The number of piperidine rings is 1. The maximum atomic E-state index is 13.3. The SMILES string of the molecule is O=C(CNS(=O)(=O)c1cccc(F)c1)N1CCC(Oc2cccc3cccnc23)CC1. The van der Waals surface area contributed by atoms with Gasteiger partial charge in [-0.15, -0.1) is 0 Å². The molecule has 1 amide bonds. The number of amides is 1. The lowest BCUT2D eigenvalue weighted by Gasteiger charge is -2.32. The number of aromatic nitrogens is 1. The van der Waals surface area contributed by atoms with E-state index in [-0.39, 0.29) is 23.5 Å². The Morgan fingerprint density at radius 3 is 2.65 bits per heavy atom. The van der Waals surface area contributed by atoms with E-state index in [1.54, 1.807) is 11.1 Å². The number of fused-ring (bicyclic) bond motifs is 1. The molecule has 7 nitrogen and oxygen atoms in total. The number of ether oxygens (including phenoxy) is 1. The number of para-hydroxylation sites is 1. The monoisotopic (exact) mass is 443 g/mol. The highest BCUT2D eigenvalue weighted by Gasteiger charge is 2.25. The molecule has 31 heavy (non-hydrogen) atoms. The third-order valence-corrected chi connectivity index (χ3v) is 6.60. The van der Waals surface area contributed by atoms with Crippen molar-refractivity contribution in [2.45, 2.75) is 23.8 Å². The maximum absolute atomic E-state index is 13.3. The Bertz CT molecular complexity index is 1190. The van der Waals surface area contributed by atoms with Gasteiger partial charge in [0.25, 0.3) is 0 Å². The summed E-state index contributed by atoms with van der Waals surface area (Å²) in [5.41, 5.74) is 0.801. The number of nitrogens with one attached hydrogen (secondary N) is 1. The normalized spacial score (nSPS) is 15.2. The van der Waals surface area contributed by atoms with Crippen molar-refractivity contribution in [3.05, 3.63) is 66.6 Å². The van der Waals surface area contributed by atoms with Crippen LogP contribution in [-0.2, 0) is 14.8 Å². The molecule has 1 aliphatic rings. The van der Waals surface area contributed by atoms with Crippen LogP contribution in [0.25, 0.3) is 10.9 Å². The van der Waals surface area contributed by atoms with Crippen LogP contribution in [0, 0.1) is 5.82 Å². The largest absolute Gasteiger partial charge is 0.488 e. The first-order valence-corrected chi connectivity index (χ1v) is 11.4. The summed E-state index contributed by atoms with van der Waals surface area (Å²) >= 11 is 0. The summed E-state index contributed by atoms with van der Waals surface area (Å²) in [6.07, 6.45) is 2.93. The van der Waals surface area contributed by atoms with Crippen molar-refractivity contribution < 1.29 is 22.3 Å². The smallest absolute Gasteiger partial charge is 0.241 e. The van der Waals surface area contributed by atoms with E-state index in [0.717, 1.165) is 23.0 Å². The molecule has 3 aromatic rings. The molecule has 1 aromatic heterocycles. The Morgan fingerprint density at radius 1 is 1.13 bits per heavy atom. The first-order chi connectivity index (χ1) is 14.9. The highest BCUT2D eigenvalue weighted by molar-refractivity contribution is 7.89. The number of hydrogen-bond acceptors (Lipinski definition) is 5. The van der Waals surface area contributed by atoms with Crippen molar-refractivity contribution in [2.24, 2.45) is 0 Å². The molecular formula is C22H22FN3O4S. The zero-order valence-electron chi connectivity index (χ0n) is 16.7. The van der Waals surface area contributed by atoms with E-state index in [9.17, 15) is 17.6 Å². The molecule has 4 rings (SSSR count). The van der Waals surface area contributed by atoms with Crippen LogP contribution in [0.4, 0.5) is 4.39 Å². The van der Waals surface area contributed by atoms with Gasteiger partial charge >= 0.3 is 0 Å². The lowest BCUT2D eigenvalue weighted by molar-refractivity contribution is -0.131. The van der Waals surface area contributed by atoms with E-state index in [1.807, 2.05) is 30.3 Å². The molecule has 0 aliphatic carbocycles. The number of halogens is 1. The molecule has 2 heterocycles. The van der Waals surface area contributed by atoms with Gasteiger partial charge < -0.3 is 9.64 Å². The Labute approximate surface area is 179 Å². The van der Waals surface area contributed by atoms with Crippen LogP contribution in [0.3, 0.4) is 0 Å². The van der Waals surface area contributed by atoms with Crippen molar-refractivity contribution >= 4 is 26.8 Å². The number of benzene rings is 2. The predicted molar refractivity (Wildman–Crippen MR) is 114 cm³/mol. The van der Waals surface area contributed by atoms with Gasteiger partial charge in [-0.2, -0.15) is 0 Å². The summed E-state index contributed by atoms with van der Waals surface area (Å²) in [5.74, 6) is -0.270. The Morgan fingerprint density at radius 2 is 1.87 bits per heavy atom. The van der Waals surface area contributed by atoms with Crippen molar-refractivity contribution in [1.82, 2.24) is 14.6 Å². The van der Waals surface area contributed by atoms with Gasteiger partial charge in [-0.1, -0.05) is 24.3 Å². The molecular weight excluding hydrogens is 421 g/mol. The predicted octanol–water partition coefficient (Wildman–Crippen LogP) is 2.72. The highest BCUT2D eigenvalue weighted by atomic mass is 32.2. The van der Waals surface area contributed by atoms with Gasteiger partial charge in [0.05, 0.1) is 11.4 Å². The van der Waals surface area contributed by atoms with Crippen LogP contribution >= 0.6 is 0 Å². The minimum atomic E-state index is -3.96. The van der Waals surface area contributed by atoms with E-state index in [1.165, 1.54) is 12.1 Å². The summed E-state index contributed by atoms with van der Waals surface area (Å²) in [7, 11) is -3.96. The van der Waals surface area contributed by atoms with Gasteiger partial charge in [0.1, 0.15) is 23.2 Å². The third-order valence-electron chi connectivity index (χ3n) is 5.20. The van der Waals surface area contributed by atoms with Crippen LogP contribution in [0.15, 0.2) is 65.7 Å². The zero-order valence-corrected chi connectivity index (χ0v) is 17.5. The van der Waals surface area contributed by atoms with E-state index < -0.39 is 15.8 Å². The Kier molecular flexibility index (Phi) is 6.15. The highest BCUT2D eigenvalue weighted by Crippen LogP contribution is 2.26. The average Bonchev–Trinajstić information content (AvgIpc) is 2.78. The summed E-state index contributed by atoms with van der Waals surface area (Å²) in [6, 6.07) is 14.3. The number of pyridine rings is 1. The average molecular weight is 444 g/mol. The molecule has 0 spiro atoms. The Balaban J connectivity index is 1.31. The van der Waals surface area contributed by atoms with Crippen molar-refractivity contribution in [3.8, 4) is 5.75 Å². The van der Waals surface area contributed by atoms with Crippen molar-refractivity contribution in [3.63, 3.8) is 0 Å². The minimum absolute atomic E-state index is 0.0550. The fraction of sp³-hybridized carbons (Fsp3) is 0.273. The summed E-state index contributed by atoms with van der Waals surface area (Å²) in [6.45, 7) is 0.546. The van der Waals surface area contributed by atoms with E-state index in [2.05, 4.69) is 9.71 Å². The van der Waals surface area contributed by atoms with E-state index >= 15 is 0 Å². The second kappa shape index (κ2) is 8.99. The van der Waals surface area contributed by atoms with Crippen molar-refractivity contribution in [1.29, 1.82) is 0 Å². The van der Waals surface area contributed by atoms with Crippen molar-refractivity contribution in [2.75, 3.05) is 19.6 Å². The molecule has 0 saturated carbocycles. The van der Waals surface area contributed by atoms with E-state index in [4.69, 9.17) is 4.74 Å². The molecule has 0 atom stereocenters. The van der Waals surface area contributed by atoms with Crippen LogP contribution in [0.2, 0.25) is 0 Å². The first-order valence-electron chi connectivity index (χ1n) is 9.96. The number of nitrogens with zero attached hydrogens (tertiary/aromatic N) is 2. The minimum Gasteiger partial charge on any atom is -0.488 e. The summed E-state index contributed by atoms with van der Waals surface area (Å²) < 4.78 is 46.2. The molecule has 1 fully saturated rings. The second-order valence-electron chi connectivity index (χ2n) is 7.31. The third kappa shape index (κ3) is 5.00. The van der Waals surface area contributed by atoms with Gasteiger partial charge in [-0.3, -0.25) is 9.78 Å². The lowest BCUT2D eigenvalue weighted by Crippen LogP contribution is -2.46. The quantitative estimate of drug-likeness (QED) is 0.633. The lowest BCUT2D eigenvalue weighted by atomic mass is 10.1. The first kappa shape index (κ1) is 21.2. The molecule has 0 radical (unpaired) electrons. The van der Waals surface area contributed by atoms with Gasteiger partial charge in [0.15, 0.2) is 0 Å². The van der Waals surface area contributed by atoms with Gasteiger partial charge in [-0.05, 0) is 30.3 Å². The molecule has 1 N–H and O–H groups in total. The summed E-state index contributed by atoms with van der Waals surface area (Å²) in [5, 5.41) is 0.998. The number of carbonyl (C=O) groups is 1. The standard InChI is InChI=1S/C22H22FN3O4S/c23-17-6-2-7-19(14-17)31(28,29)25-15-21(27)26-12-9-18(10-13-26)30-20-8-1-4-16-5-3-11-24-22(16)20/h1-8,11,14,18,25H,9-10,12-13,15H2. The molecule has 2 aromatic carbocycles. The van der Waals surface area contributed by atoms with Crippen LogP contribution in [0.5, 0.6) is 5.75 Å². The van der Waals surface area contributed by atoms with Gasteiger partial charge in [0, 0.05) is 37.5 Å². The number of rotatable bonds is 6. The maximum Gasteiger partial charge on any atom is 0.241 e. The number of carbonyl (C=O) groups excluding carboxylic acids is 1. The molecule has 162 valence electrons. The van der Waals surface area contributed by atoms with Crippen LogP contribution in [-0.4, -0.2) is 49.9 Å². The molecule has 0 bridgehead atoms. The zero-order chi connectivity index (χ0) is 21.8. The number of hydrogen-bond donors (Lipinski definition) is 1. The molecule has 0 unspecified atom stereocenters. The second-order valence-corrected chi connectivity index (χ2v) is 9.08. The molecule has 1 saturated heterocycles. The number of likely N-dealkylation sites (tertiary alicyclic amines) is 1. The van der Waals surface area contributed by atoms with Crippen LogP contribution in [0.1, 0.15) is 12.8 Å².